The summed E-state index contributed by atoms with van der Waals surface area (Å²) in [6.45, 7) is 9.17. The van der Waals surface area contributed by atoms with Gasteiger partial charge in [0.2, 0.25) is 21.8 Å². The lowest BCUT2D eigenvalue weighted by molar-refractivity contribution is -0.141. The van der Waals surface area contributed by atoms with Crippen molar-refractivity contribution in [2.75, 3.05) is 37.4 Å². The summed E-state index contributed by atoms with van der Waals surface area (Å²) < 4.78 is 37.2. The minimum atomic E-state index is -3.58. The number of nitrogens with one attached hydrogen (secondary N) is 1. The van der Waals surface area contributed by atoms with Crippen LogP contribution in [0.5, 0.6) is 11.5 Å². The van der Waals surface area contributed by atoms with E-state index >= 15 is 0 Å². The van der Waals surface area contributed by atoms with Gasteiger partial charge in [0.05, 0.1) is 25.7 Å². The summed E-state index contributed by atoms with van der Waals surface area (Å²) in [5, 5.41) is 2.95. The second kappa shape index (κ2) is 15.4. The summed E-state index contributed by atoms with van der Waals surface area (Å²) in [5.41, 5.74) is 1.34. The third kappa shape index (κ3) is 10.1. The van der Waals surface area contributed by atoms with Gasteiger partial charge in [-0.25, -0.2) is 8.42 Å². The lowest BCUT2D eigenvalue weighted by Gasteiger charge is -2.31. The number of ether oxygens (including phenoxy) is 2. The number of methoxy groups -OCH3 is 1. The maximum Gasteiger partial charge on any atom is 0.242 e. The highest BCUT2D eigenvalue weighted by molar-refractivity contribution is 7.92. The number of sulfonamides is 1. The highest BCUT2D eigenvalue weighted by atomic mass is 32.2. The first-order valence-electron chi connectivity index (χ1n) is 13.4. The number of anilines is 1. The molecule has 39 heavy (non-hydrogen) atoms. The van der Waals surface area contributed by atoms with E-state index in [1.165, 1.54) is 4.31 Å². The maximum atomic E-state index is 13.6. The van der Waals surface area contributed by atoms with Gasteiger partial charge >= 0.3 is 0 Å². The van der Waals surface area contributed by atoms with E-state index in [-0.39, 0.29) is 43.7 Å². The molecule has 0 fully saturated rings. The number of rotatable bonds is 16. The largest absolute Gasteiger partial charge is 0.497 e. The van der Waals surface area contributed by atoms with Crippen molar-refractivity contribution in [2.45, 2.75) is 59.5 Å². The first-order valence-corrected chi connectivity index (χ1v) is 15.3. The molecule has 0 radical (unpaired) electrons. The van der Waals surface area contributed by atoms with Crippen molar-refractivity contribution in [3.8, 4) is 11.5 Å². The molecule has 0 bridgehead atoms. The van der Waals surface area contributed by atoms with E-state index in [0.29, 0.717) is 36.8 Å². The fraction of sp³-hybridized carbons (Fsp3) is 0.517. The average Bonchev–Trinajstić information content (AvgIpc) is 2.90. The summed E-state index contributed by atoms with van der Waals surface area (Å²) in [4.78, 5) is 28.2. The van der Waals surface area contributed by atoms with Gasteiger partial charge in [-0.3, -0.25) is 13.9 Å². The van der Waals surface area contributed by atoms with Gasteiger partial charge in [0.1, 0.15) is 17.5 Å². The highest BCUT2D eigenvalue weighted by Crippen LogP contribution is 2.23. The topological polar surface area (TPSA) is 105 Å². The molecule has 0 saturated heterocycles. The van der Waals surface area contributed by atoms with Crippen LogP contribution in [0.3, 0.4) is 0 Å². The van der Waals surface area contributed by atoms with Crippen LogP contribution < -0.4 is 19.1 Å². The van der Waals surface area contributed by atoms with Crippen LogP contribution in [0.25, 0.3) is 0 Å². The smallest absolute Gasteiger partial charge is 0.242 e. The summed E-state index contributed by atoms with van der Waals surface area (Å²) in [5.74, 6) is 1.17. The minimum absolute atomic E-state index is 0.0843. The summed E-state index contributed by atoms with van der Waals surface area (Å²) in [6, 6.07) is 13.6. The zero-order valence-electron chi connectivity index (χ0n) is 24.0. The number of carbonyl (C=O) groups is 2. The van der Waals surface area contributed by atoms with Crippen LogP contribution in [0.15, 0.2) is 48.5 Å². The molecule has 2 aromatic carbocycles. The Kier molecular flexibility index (Phi) is 12.6. The van der Waals surface area contributed by atoms with Gasteiger partial charge < -0.3 is 19.7 Å². The number of nitrogens with zero attached hydrogens (tertiary/aromatic N) is 2. The Morgan fingerprint density at radius 3 is 2.28 bits per heavy atom. The Hall–Kier alpha value is -3.27. The molecule has 1 atom stereocenters. The average molecular weight is 562 g/mol. The fourth-order valence-electron chi connectivity index (χ4n) is 4.19. The SMILES string of the molecule is CCOc1ccc(N(CCCC(=O)N(Cc2cccc(OC)c2)[C@H](CC)C(=O)NCC(C)C)S(C)(=O)=O)cc1. The predicted octanol–water partition coefficient (Wildman–Crippen LogP) is 4.22. The maximum absolute atomic E-state index is 13.6. The van der Waals surface area contributed by atoms with Gasteiger partial charge in [-0.15, -0.1) is 0 Å². The third-order valence-corrected chi connectivity index (χ3v) is 7.34. The molecule has 0 aliphatic heterocycles. The van der Waals surface area contributed by atoms with Crippen LogP contribution in [0, 0.1) is 5.92 Å². The van der Waals surface area contributed by atoms with E-state index in [9.17, 15) is 18.0 Å². The van der Waals surface area contributed by atoms with Gasteiger partial charge in [0, 0.05) is 26.1 Å². The Balaban J connectivity index is 2.22. The van der Waals surface area contributed by atoms with Crippen LogP contribution in [0.1, 0.15) is 52.5 Å². The van der Waals surface area contributed by atoms with Crippen LogP contribution in [-0.2, 0) is 26.2 Å². The van der Waals surface area contributed by atoms with Crippen molar-refractivity contribution in [1.82, 2.24) is 10.2 Å². The number of hydrogen-bond donors (Lipinski definition) is 1. The molecule has 0 aromatic heterocycles. The summed E-state index contributed by atoms with van der Waals surface area (Å²) in [6.07, 6.45) is 1.96. The lowest BCUT2D eigenvalue weighted by Crippen LogP contribution is -2.49. The number of carbonyl (C=O) groups excluding carboxylic acids is 2. The Bertz CT molecular complexity index is 1170. The lowest BCUT2D eigenvalue weighted by atomic mass is 10.1. The molecule has 0 unspecified atom stereocenters. The van der Waals surface area contributed by atoms with E-state index in [4.69, 9.17) is 9.47 Å². The second-order valence-electron chi connectivity index (χ2n) is 9.80. The second-order valence-corrected chi connectivity index (χ2v) is 11.7. The standard InChI is InChI=1S/C29H43N3O6S/c1-7-27(29(34)30-20-22(3)4)31(21-23-11-9-12-26(19-23)37-5)28(33)13-10-18-32(39(6,35)36)24-14-16-25(17-15-24)38-8-2/h9,11-12,14-17,19,22,27H,7-8,10,13,18,20-21H2,1-6H3,(H,30,34)/t27-/m1/s1. The number of amides is 2. The van der Waals surface area contributed by atoms with Gasteiger partial charge in [-0.1, -0.05) is 32.9 Å². The normalized spacial score (nSPS) is 12.1. The van der Waals surface area contributed by atoms with Crippen molar-refractivity contribution >= 4 is 27.5 Å². The van der Waals surface area contributed by atoms with Crippen LogP contribution in [-0.4, -0.2) is 64.2 Å². The molecule has 2 amide bonds. The Morgan fingerprint density at radius 1 is 1.03 bits per heavy atom. The first-order chi connectivity index (χ1) is 18.5. The van der Waals surface area contributed by atoms with Gasteiger partial charge in [-0.05, 0) is 67.6 Å². The van der Waals surface area contributed by atoms with E-state index in [0.717, 1.165) is 11.8 Å². The molecule has 0 saturated carbocycles. The molecular formula is C29H43N3O6S. The zero-order valence-corrected chi connectivity index (χ0v) is 24.8. The van der Waals surface area contributed by atoms with Crippen molar-refractivity contribution in [2.24, 2.45) is 5.92 Å². The molecule has 0 spiro atoms. The molecule has 2 aromatic rings. The van der Waals surface area contributed by atoms with E-state index < -0.39 is 16.1 Å². The molecule has 0 aliphatic carbocycles. The van der Waals surface area contributed by atoms with Crippen molar-refractivity contribution < 1.29 is 27.5 Å². The van der Waals surface area contributed by atoms with Gasteiger partial charge in [-0.2, -0.15) is 0 Å². The molecule has 9 nitrogen and oxygen atoms in total. The van der Waals surface area contributed by atoms with Crippen LogP contribution in [0.4, 0.5) is 5.69 Å². The summed E-state index contributed by atoms with van der Waals surface area (Å²) >= 11 is 0. The Labute approximate surface area is 233 Å². The van der Waals surface area contributed by atoms with E-state index in [2.05, 4.69) is 5.32 Å². The van der Waals surface area contributed by atoms with Crippen molar-refractivity contribution in [1.29, 1.82) is 0 Å². The molecule has 216 valence electrons. The molecule has 0 aliphatic rings. The van der Waals surface area contributed by atoms with Crippen molar-refractivity contribution in [3.63, 3.8) is 0 Å². The number of hydrogen-bond acceptors (Lipinski definition) is 6. The van der Waals surface area contributed by atoms with E-state index in [1.807, 2.05) is 52.0 Å². The number of benzene rings is 2. The van der Waals surface area contributed by atoms with Crippen LogP contribution >= 0.6 is 0 Å². The van der Waals surface area contributed by atoms with Gasteiger partial charge in [0.25, 0.3) is 0 Å². The minimum Gasteiger partial charge on any atom is -0.497 e. The van der Waals surface area contributed by atoms with Gasteiger partial charge in [0.15, 0.2) is 0 Å². The quantitative estimate of drug-likeness (QED) is 0.329. The van der Waals surface area contributed by atoms with Crippen LogP contribution in [0.2, 0.25) is 0 Å². The molecule has 0 heterocycles. The van der Waals surface area contributed by atoms with Crippen molar-refractivity contribution in [3.05, 3.63) is 54.1 Å². The molecule has 2 rings (SSSR count). The highest BCUT2D eigenvalue weighted by Gasteiger charge is 2.29. The molecular weight excluding hydrogens is 518 g/mol. The van der Waals surface area contributed by atoms with E-state index in [1.54, 1.807) is 36.3 Å². The molecule has 1 N–H and O–H groups in total. The summed E-state index contributed by atoms with van der Waals surface area (Å²) in [7, 11) is -2.00. The zero-order chi connectivity index (χ0) is 29.0. The Morgan fingerprint density at radius 2 is 1.72 bits per heavy atom. The predicted molar refractivity (Wildman–Crippen MR) is 155 cm³/mol. The molecule has 10 heteroatoms. The third-order valence-electron chi connectivity index (χ3n) is 6.15. The first kappa shape index (κ1) is 31.9. The monoisotopic (exact) mass is 561 g/mol. The fourth-order valence-corrected chi connectivity index (χ4v) is 5.15.